The van der Waals surface area contributed by atoms with Crippen LogP contribution in [0.1, 0.15) is 56.5 Å². The second kappa shape index (κ2) is 8.57. The van der Waals surface area contributed by atoms with Crippen LogP contribution in [0.15, 0.2) is 30.3 Å². The maximum absolute atomic E-state index is 13.1. The summed E-state index contributed by atoms with van der Waals surface area (Å²) in [4.78, 5) is 30.5. The van der Waals surface area contributed by atoms with Crippen molar-refractivity contribution in [3.05, 3.63) is 40.9 Å². The van der Waals surface area contributed by atoms with Crippen molar-refractivity contribution in [1.29, 1.82) is 0 Å². The van der Waals surface area contributed by atoms with E-state index in [0.717, 1.165) is 22.7 Å². The zero-order chi connectivity index (χ0) is 23.1. The molecule has 2 amide bonds. The van der Waals surface area contributed by atoms with Crippen molar-refractivity contribution < 1.29 is 19.8 Å². The van der Waals surface area contributed by atoms with Gasteiger partial charge >= 0.3 is 0 Å². The van der Waals surface area contributed by atoms with Gasteiger partial charge in [-0.2, -0.15) is 0 Å². The Kier molecular flexibility index (Phi) is 6.13. The number of nitrogens with one attached hydrogen (secondary N) is 2. The summed E-state index contributed by atoms with van der Waals surface area (Å²) in [5, 5.41) is 27.4. The Bertz CT molecular complexity index is 1010. The Hall–Kier alpha value is -2.29. The van der Waals surface area contributed by atoms with Gasteiger partial charge in [0.05, 0.1) is 18.4 Å². The molecule has 172 valence electrons. The van der Waals surface area contributed by atoms with Crippen LogP contribution < -0.4 is 10.6 Å². The van der Waals surface area contributed by atoms with E-state index in [0.29, 0.717) is 18.0 Å². The molecule has 5 unspecified atom stereocenters. The predicted octanol–water partition coefficient (Wildman–Crippen LogP) is 3.55. The Morgan fingerprint density at radius 1 is 1.22 bits per heavy atom. The number of aliphatic hydroxyl groups excluding tert-OH is 2. The molecule has 0 aliphatic heterocycles. The molecular weight excluding hydrogens is 426 g/mol. The third-order valence-electron chi connectivity index (χ3n) is 7.62. The monoisotopic (exact) mass is 457 g/mol. The van der Waals surface area contributed by atoms with Gasteiger partial charge < -0.3 is 20.8 Å². The van der Waals surface area contributed by atoms with Crippen molar-refractivity contribution in [3.8, 4) is 0 Å². The van der Waals surface area contributed by atoms with Crippen LogP contribution in [0.4, 0.5) is 10.8 Å². The molecule has 0 spiro atoms. The number of aliphatic hydroxyl groups is 2. The third-order valence-corrected chi connectivity index (χ3v) is 8.63. The zero-order valence-electron chi connectivity index (χ0n) is 18.7. The number of carbonyl (C=O) groups excluding carboxylic acids is 2. The maximum Gasteiger partial charge on any atom is 0.225 e. The lowest BCUT2D eigenvalue weighted by molar-refractivity contribution is -0.143. The maximum atomic E-state index is 13.1. The highest BCUT2D eigenvalue weighted by molar-refractivity contribution is 7.15. The number of para-hydroxylation sites is 1. The molecule has 4 N–H and O–H groups in total. The fraction of sp³-hybridized carbons (Fsp3) is 0.542. The average molecular weight is 458 g/mol. The smallest absolute Gasteiger partial charge is 0.225 e. The van der Waals surface area contributed by atoms with Crippen LogP contribution in [-0.2, 0) is 16.0 Å². The molecule has 4 rings (SSSR count). The van der Waals surface area contributed by atoms with Crippen molar-refractivity contribution in [2.45, 2.75) is 58.5 Å². The van der Waals surface area contributed by atoms with E-state index in [-0.39, 0.29) is 42.1 Å². The van der Waals surface area contributed by atoms with Gasteiger partial charge in [-0.25, -0.2) is 4.98 Å². The van der Waals surface area contributed by atoms with E-state index in [1.165, 1.54) is 18.3 Å². The first-order chi connectivity index (χ1) is 15.2. The molecule has 1 aromatic carbocycles. The molecule has 0 radical (unpaired) electrons. The van der Waals surface area contributed by atoms with E-state index in [9.17, 15) is 19.8 Å². The predicted molar refractivity (Wildman–Crippen MR) is 125 cm³/mol. The summed E-state index contributed by atoms with van der Waals surface area (Å²) in [5.74, 6) is -0.484. The summed E-state index contributed by atoms with van der Waals surface area (Å²) in [6.07, 6.45) is 1.61. The van der Waals surface area contributed by atoms with Gasteiger partial charge in [0.15, 0.2) is 5.13 Å². The molecule has 1 saturated carbocycles. The molecule has 32 heavy (non-hydrogen) atoms. The number of thiazole rings is 1. The number of fused-ring (bicyclic) bond motifs is 2. The number of nitrogens with zero attached hydrogens (tertiary/aromatic N) is 1. The molecule has 0 bridgehead atoms. The normalized spacial score (nSPS) is 31.3. The summed E-state index contributed by atoms with van der Waals surface area (Å²) >= 11 is 1.43. The van der Waals surface area contributed by atoms with Gasteiger partial charge in [-0.05, 0) is 42.7 Å². The van der Waals surface area contributed by atoms with Gasteiger partial charge in [-0.15, -0.1) is 11.3 Å². The Morgan fingerprint density at radius 3 is 2.59 bits per heavy atom. The van der Waals surface area contributed by atoms with Crippen molar-refractivity contribution in [2.24, 2.45) is 16.7 Å². The first-order valence-corrected chi connectivity index (χ1v) is 11.9. The minimum atomic E-state index is -0.670. The molecule has 1 aromatic heterocycles. The molecule has 8 heteroatoms. The van der Waals surface area contributed by atoms with E-state index < -0.39 is 11.5 Å². The van der Waals surface area contributed by atoms with E-state index in [4.69, 9.17) is 4.98 Å². The zero-order valence-corrected chi connectivity index (χ0v) is 19.5. The van der Waals surface area contributed by atoms with Crippen molar-refractivity contribution in [3.63, 3.8) is 0 Å². The van der Waals surface area contributed by atoms with Crippen LogP contribution in [0.3, 0.4) is 0 Å². The van der Waals surface area contributed by atoms with Gasteiger partial charge in [-0.1, -0.05) is 32.0 Å². The quantitative estimate of drug-likeness (QED) is 0.549. The molecule has 1 heterocycles. The number of rotatable bonds is 5. The second-order valence-corrected chi connectivity index (χ2v) is 10.7. The van der Waals surface area contributed by atoms with Crippen molar-refractivity contribution in [1.82, 2.24) is 4.98 Å². The van der Waals surface area contributed by atoms with E-state index >= 15 is 0 Å². The lowest BCUT2D eigenvalue weighted by Crippen LogP contribution is -2.57. The van der Waals surface area contributed by atoms with E-state index in [1.54, 1.807) is 0 Å². The molecular formula is C24H31N3O4S. The highest BCUT2D eigenvalue weighted by Gasteiger charge is 2.59. The number of hydrogen-bond acceptors (Lipinski definition) is 6. The summed E-state index contributed by atoms with van der Waals surface area (Å²) in [5.41, 5.74) is 0.611. The summed E-state index contributed by atoms with van der Waals surface area (Å²) in [7, 11) is 0. The van der Waals surface area contributed by atoms with Gasteiger partial charge in [0.25, 0.3) is 0 Å². The van der Waals surface area contributed by atoms with Crippen LogP contribution in [-0.4, -0.2) is 39.7 Å². The highest BCUT2D eigenvalue weighted by Crippen LogP contribution is 2.62. The summed E-state index contributed by atoms with van der Waals surface area (Å²) in [6.45, 7) is 5.44. The standard InChI is InChI=1S/C24H31N3O4S/c1-14(29)25-22-27-21-16(11-20(31)26-15-7-5-4-6-8-15)23(2)10-9-19(30)24(3,13-28)18(23)12-17(21)32-22/h4-8,16,18-19,28,30H,9-13H2,1-3H3,(H,26,31)(H,25,27,29). The van der Waals surface area contributed by atoms with Gasteiger partial charge in [0.1, 0.15) is 0 Å². The SMILES string of the molecule is CC(=O)Nc1nc2c(s1)CC1C(C)(CO)C(O)CCC1(C)C2CC(=O)Nc1ccccc1. The Morgan fingerprint density at radius 2 is 1.94 bits per heavy atom. The Balaban J connectivity index is 1.72. The van der Waals surface area contributed by atoms with Crippen LogP contribution in [0.5, 0.6) is 0 Å². The molecule has 2 aliphatic carbocycles. The highest BCUT2D eigenvalue weighted by atomic mass is 32.1. The fourth-order valence-electron chi connectivity index (χ4n) is 5.77. The number of aromatic nitrogens is 1. The van der Waals surface area contributed by atoms with Gasteiger partial charge in [-0.3, -0.25) is 9.59 Å². The molecule has 5 atom stereocenters. The van der Waals surface area contributed by atoms with Gasteiger partial charge in [0, 0.05) is 35.2 Å². The van der Waals surface area contributed by atoms with Crippen LogP contribution in [0, 0.1) is 16.7 Å². The number of hydrogen-bond donors (Lipinski definition) is 4. The fourth-order valence-corrected chi connectivity index (χ4v) is 6.88. The van der Waals surface area contributed by atoms with Crippen LogP contribution >= 0.6 is 11.3 Å². The van der Waals surface area contributed by atoms with Crippen LogP contribution in [0.2, 0.25) is 0 Å². The molecule has 7 nitrogen and oxygen atoms in total. The van der Waals surface area contributed by atoms with Gasteiger partial charge in [0.2, 0.25) is 11.8 Å². The lowest BCUT2D eigenvalue weighted by Gasteiger charge is -2.58. The van der Waals surface area contributed by atoms with E-state index in [2.05, 4.69) is 17.6 Å². The lowest BCUT2D eigenvalue weighted by atomic mass is 9.47. The molecule has 2 aromatic rings. The minimum Gasteiger partial charge on any atom is -0.396 e. The molecule has 0 saturated heterocycles. The topological polar surface area (TPSA) is 112 Å². The first kappa shape index (κ1) is 22.9. The minimum absolute atomic E-state index is 0.0172. The largest absolute Gasteiger partial charge is 0.396 e. The number of carbonyl (C=O) groups is 2. The average Bonchev–Trinajstić information content (AvgIpc) is 3.14. The first-order valence-electron chi connectivity index (χ1n) is 11.1. The molecule has 2 aliphatic rings. The summed E-state index contributed by atoms with van der Waals surface area (Å²) < 4.78 is 0. The third kappa shape index (κ3) is 3.95. The number of amides is 2. The summed E-state index contributed by atoms with van der Waals surface area (Å²) in [6, 6.07) is 9.36. The van der Waals surface area contributed by atoms with E-state index in [1.807, 2.05) is 37.3 Å². The van der Waals surface area contributed by atoms with Crippen molar-refractivity contribution >= 4 is 34.0 Å². The van der Waals surface area contributed by atoms with Crippen molar-refractivity contribution in [2.75, 3.05) is 17.2 Å². The molecule has 1 fully saturated rings. The Labute approximate surface area is 192 Å². The number of anilines is 2. The second-order valence-electron chi connectivity index (χ2n) is 9.66. The number of benzene rings is 1. The van der Waals surface area contributed by atoms with Crippen LogP contribution in [0.25, 0.3) is 0 Å².